The van der Waals surface area contributed by atoms with E-state index >= 15 is 0 Å². The van der Waals surface area contributed by atoms with Gasteiger partial charge in [-0.2, -0.15) is 0 Å². The number of hydrogen-bond acceptors (Lipinski definition) is 4. The van der Waals surface area contributed by atoms with Gasteiger partial charge in [-0.3, -0.25) is 9.36 Å². The van der Waals surface area contributed by atoms with Crippen molar-refractivity contribution in [3.8, 4) is 17.1 Å². The maximum absolute atomic E-state index is 12.2. The highest BCUT2D eigenvalue weighted by atomic mass is 35.5. The molecule has 0 atom stereocenters. The van der Waals surface area contributed by atoms with Crippen molar-refractivity contribution >= 4 is 40.9 Å². The largest absolute Gasteiger partial charge is 0.343 e. The van der Waals surface area contributed by atoms with Gasteiger partial charge in [-0.25, -0.2) is 0 Å². The van der Waals surface area contributed by atoms with Gasteiger partial charge in [0.15, 0.2) is 11.0 Å². The van der Waals surface area contributed by atoms with E-state index in [0.29, 0.717) is 16.5 Å². The van der Waals surface area contributed by atoms with E-state index in [2.05, 4.69) is 10.2 Å². The van der Waals surface area contributed by atoms with E-state index in [0.717, 1.165) is 66.8 Å². The van der Waals surface area contributed by atoms with Gasteiger partial charge in [0.05, 0.1) is 15.7 Å². The van der Waals surface area contributed by atoms with E-state index < -0.39 is 0 Å². The monoisotopic (exact) mass is 474 g/mol. The van der Waals surface area contributed by atoms with Gasteiger partial charge in [-0.15, -0.1) is 10.2 Å². The Balaban J connectivity index is 1.46. The molecule has 31 heavy (non-hydrogen) atoms. The molecule has 8 heteroatoms. The zero-order chi connectivity index (χ0) is 21.6. The lowest BCUT2D eigenvalue weighted by Gasteiger charge is -2.14. The Morgan fingerprint density at radius 2 is 1.74 bits per heavy atom. The van der Waals surface area contributed by atoms with Crippen molar-refractivity contribution in [2.45, 2.75) is 37.3 Å². The summed E-state index contributed by atoms with van der Waals surface area (Å²) in [7, 11) is 0. The molecule has 3 aromatic rings. The number of thioether (sulfide) groups is 1. The molecule has 0 spiro atoms. The van der Waals surface area contributed by atoms with Crippen LogP contribution in [0.25, 0.3) is 17.1 Å². The van der Waals surface area contributed by atoms with Gasteiger partial charge in [-0.05, 0) is 43.9 Å². The Morgan fingerprint density at radius 1 is 0.968 bits per heavy atom. The van der Waals surface area contributed by atoms with Crippen molar-refractivity contribution in [1.82, 2.24) is 19.7 Å². The lowest BCUT2D eigenvalue weighted by Crippen LogP contribution is -2.27. The van der Waals surface area contributed by atoms with Gasteiger partial charge in [0, 0.05) is 30.8 Å². The molecule has 2 heterocycles. The van der Waals surface area contributed by atoms with Crippen LogP contribution in [0.4, 0.5) is 0 Å². The molecule has 1 aliphatic rings. The van der Waals surface area contributed by atoms with Crippen LogP contribution in [-0.4, -0.2) is 44.4 Å². The second-order valence-electron chi connectivity index (χ2n) is 7.50. The second kappa shape index (κ2) is 10.5. The number of aromatic nitrogens is 3. The zero-order valence-corrected chi connectivity index (χ0v) is 19.5. The number of carbonyl (C=O) groups excluding carboxylic acids is 1. The third-order valence-electron chi connectivity index (χ3n) is 5.30. The Kier molecular flexibility index (Phi) is 7.54. The summed E-state index contributed by atoms with van der Waals surface area (Å²) in [5.41, 5.74) is 1.84. The van der Waals surface area contributed by atoms with Crippen molar-refractivity contribution in [2.75, 3.05) is 18.8 Å². The Morgan fingerprint density at radius 3 is 2.48 bits per heavy atom. The van der Waals surface area contributed by atoms with Gasteiger partial charge in [0.2, 0.25) is 5.91 Å². The Hall–Kier alpha value is -2.02. The number of unbranched alkanes of at least 4 members (excludes halogenated alkanes) is 1. The van der Waals surface area contributed by atoms with Crippen LogP contribution in [0.5, 0.6) is 0 Å². The van der Waals surface area contributed by atoms with Crippen LogP contribution in [0.2, 0.25) is 10.0 Å². The molecule has 0 N–H and O–H groups in total. The molecule has 1 amide bonds. The molecule has 1 saturated heterocycles. The summed E-state index contributed by atoms with van der Waals surface area (Å²) in [6.07, 6.45) is 4.72. The molecule has 1 fully saturated rings. The fourth-order valence-corrected chi connectivity index (χ4v) is 4.90. The highest BCUT2D eigenvalue weighted by Crippen LogP contribution is 2.31. The van der Waals surface area contributed by atoms with Gasteiger partial charge >= 0.3 is 0 Å². The van der Waals surface area contributed by atoms with E-state index in [9.17, 15) is 4.79 Å². The lowest BCUT2D eigenvalue weighted by molar-refractivity contribution is -0.130. The number of likely N-dealkylation sites (tertiary alicyclic amines) is 1. The van der Waals surface area contributed by atoms with Gasteiger partial charge in [0.25, 0.3) is 0 Å². The number of amides is 1. The summed E-state index contributed by atoms with van der Waals surface area (Å²) >= 11 is 14.0. The van der Waals surface area contributed by atoms with Crippen molar-refractivity contribution in [3.05, 3.63) is 58.6 Å². The average Bonchev–Trinajstić information content (AvgIpc) is 3.46. The minimum absolute atomic E-state index is 0.285. The van der Waals surface area contributed by atoms with Crippen molar-refractivity contribution in [2.24, 2.45) is 0 Å². The first-order chi connectivity index (χ1) is 15.1. The standard InChI is InChI=1S/C23H24Cl2N4OS/c24-19-12-11-18(16-20(19)25)29-22(17-8-2-1-3-9-17)26-27-23(29)31-15-7-4-10-21(30)28-13-5-6-14-28/h1-3,8-9,11-12,16H,4-7,10,13-15H2. The van der Waals surface area contributed by atoms with E-state index in [1.807, 2.05) is 51.9 Å². The fourth-order valence-electron chi connectivity index (χ4n) is 3.66. The Bertz CT molecular complexity index is 1040. The highest BCUT2D eigenvalue weighted by Gasteiger charge is 2.18. The number of hydrogen-bond donors (Lipinski definition) is 0. The van der Waals surface area contributed by atoms with Crippen molar-refractivity contribution in [1.29, 1.82) is 0 Å². The minimum Gasteiger partial charge on any atom is -0.343 e. The smallest absolute Gasteiger partial charge is 0.222 e. The first-order valence-electron chi connectivity index (χ1n) is 10.5. The first-order valence-corrected chi connectivity index (χ1v) is 12.2. The van der Waals surface area contributed by atoms with Gasteiger partial charge in [-0.1, -0.05) is 65.3 Å². The molecule has 162 valence electrons. The summed E-state index contributed by atoms with van der Waals surface area (Å²) in [6.45, 7) is 1.84. The third-order valence-corrected chi connectivity index (χ3v) is 7.06. The topological polar surface area (TPSA) is 51.0 Å². The molecule has 5 nitrogen and oxygen atoms in total. The van der Waals surface area contributed by atoms with E-state index in [1.54, 1.807) is 17.8 Å². The fraction of sp³-hybridized carbons (Fsp3) is 0.348. The maximum atomic E-state index is 12.2. The SMILES string of the molecule is O=C(CCCCSc1nnc(-c2ccccc2)n1-c1ccc(Cl)c(Cl)c1)N1CCCC1. The van der Waals surface area contributed by atoms with Gasteiger partial charge in [0.1, 0.15) is 0 Å². The molecule has 1 aliphatic heterocycles. The normalized spacial score (nSPS) is 13.7. The van der Waals surface area contributed by atoms with Gasteiger partial charge < -0.3 is 4.90 Å². The molecule has 0 bridgehead atoms. The molecule has 0 saturated carbocycles. The first kappa shape index (κ1) is 22.2. The van der Waals surface area contributed by atoms with Crippen LogP contribution in [0.15, 0.2) is 53.7 Å². The molecular weight excluding hydrogens is 451 g/mol. The summed E-state index contributed by atoms with van der Waals surface area (Å²) in [5.74, 6) is 1.90. The molecule has 1 aromatic heterocycles. The average molecular weight is 475 g/mol. The molecule has 4 rings (SSSR count). The maximum Gasteiger partial charge on any atom is 0.222 e. The number of halogens is 2. The highest BCUT2D eigenvalue weighted by molar-refractivity contribution is 7.99. The van der Waals surface area contributed by atoms with Crippen LogP contribution in [0.1, 0.15) is 32.1 Å². The minimum atomic E-state index is 0.285. The van der Waals surface area contributed by atoms with E-state index in [1.165, 1.54) is 0 Å². The predicted octanol–water partition coefficient (Wildman–Crippen LogP) is 6.13. The third kappa shape index (κ3) is 5.43. The number of carbonyl (C=O) groups is 1. The van der Waals surface area contributed by atoms with E-state index in [-0.39, 0.29) is 5.91 Å². The molecule has 2 aromatic carbocycles. The number of nitrogens with zero attached hydrogens (tertiary/aromatic N) is 4. The van der Waals surface area contributed by atoms with Crippen molar-refractivity contribution in [3.63, 3.8) is 0 Å². The van der Waals surface area contributed by atoms with Crippen LogP contribution < -0.4 is 0 Å². The molecule has 0 radical (unpaired) electrons. The summed E-state index contributed by atoms with van der Waals surface area (Å²) in [4.78, 5) is 14.2. The summed E-state index contributed by atoms with van der Waals surface area (Å²) < 4.78 is 2.01. The number of rotatable bonds is 8. The predicted molar refractivity (Wildman–Crippen MR) is 127 cm³/mol. The quantitative estimate of drug-likeness (QED) is 0.291. The zero-order valence-electron chi connectivity index (χ0n) is 17.1. The Labute approximate surface area is 196 Å². The van der Waals surface area contributed by atoms with E-state index in [4.69, 9.17) is 23.2 Å². The summed E-state index contributed by atoms with van der Waals surface area (Å²) in [6, 6.07) is 15.5. The van der Waals surface area contributed by atoms with Crippen LogP contribution in [0.3, 0.4) is 0 Å². The molecule has 0 aliphatic carbocycles. The molecular formula is C23H24Cl2N4OS. The van der Waals surface area contributed by atoms with Crippen LogP contribution >= 0.6 is 35.0 Å². The lowest BCUT2D eigenvalue weighted by atomic mass is 10.2. The molecule has 0 unspecified atom stereocenters. The van der Waals surface area contributed by atoms with Crippen LogP contribution in [-0.2, 0) is 4.79 Å². The second-order valence-corrected chi connectivity index (χ2v) is 9.38. The summed E-state index contributed by atoms with van der Waals surface area (Å²) in [5, 5.41) is 10.7. The number of benzene rings is 2. The van der Waals surface area contributed by atoms with Crippen LogP contribution in [0, 0.1) is 0 Å². The van der Waals surface area contributed by atoms with Crippen molar-refractivity contribution < 1.29 is 4.79 Å².